The molecule has 0 spiro atoms. The lowest BCUT2D eigenvalue weighted by molar-refractivity contribution is -0.279. The maximum Gasteiger partial charge on any atom is 0.342 e. The van der Waals surface area contributed by atoms with Crippen LogP contribution < -0.4 is 10.5 Å². The van der Waals surface area contributed by atoms with Gasteiger partial charge in [0.1, 0.15) is 23.0 Å². The van der Waals surface area contributed by atoms with E-state index in [-0.39, 0.29) is 17.0 Å². The molecule has 34 heavy (non-hydrogen) atoms. The second-order valence-electron chi connectivity index (χ2n) is 8.46. The van der Waals surface area contributed by atoms with Gasteiger partial charge in [-0.15, -0.1) is 0 Å². The lowest BCUT2D eigenvalue weighted by atomic mass is 9.98. The Morgan fingerprint density at radius 3 is 2.15 bits per heavy atom. The van der Waals surface area contributed by atoms with Gasteiger partial charge in [0, 0.05) is 25.6 Å². The monoisotopic (exact) mass is 483 g/mol. The first-order valence-corrected chi connectivity index (χ1v) is 10.3. The highest BCUT2D eigenvalue weighted by molar-refractivity contribution is 5.93. The molecule has 5 atom stereocenters. The topological polar surface area (TPSA) is 170 Å². The van der Waals surface area contributed by atoms with Crippen LogP contribution in [0, 0.1) is 0 Å². The van der Waals surface area contributed by atoms with E-state index in [0.717, 1.165) is 21.0 Å². The maximum absolute atomic E-state index is 12.7. The summed E-state index contributed by atoms with van der Waals surface area (Å²) in [6, 6.07) is 4.10. The molecule has 0 amide bonds. The molecule has 188 valence electrons. The molecule has 1 aromatic rings. The van der Waals surface area contributed by atoms with Crippen LogP contribution in [0.2, 0.25) is 0 Å². The van der Waals surface area contributed by atoms with E-state index in [2.05, 4.69) is 4.74 Å². The zero-order chi connectivity index (χ0) is 25.8. The Kier molecular flexibility index (Phi) is 8.46. The van der Waals surface area contributed by atoms with Crippen molar-refractivity contribution < 1.29 is 52.7 Å². The van der Waals surface area contributed by atoms with E-state index in [9.17, 15) is 24.3 Å². The first kappa shape index (κ1) is 26.9. The number of nitrogens with two attached hydrogens (primary N) is 1. The highest BCUT2D eigenvalue weighted by atomic mass is 16.7. The van der Waals surface area contributed by atoms with Crippen molar-refractivity contribution in [2.75, 3.05) is 12.8 Å². The molecule has 1 aromatic carbocycles. The normalized spacial score (nSPS) is 24.5. The average Bonchev–Trinajstić information content (AvgIpc) is 2.70. The number of methoxy groups -OCH3 is 1. The predicted molar refractivity (Wildman–Crippen MR) is 114 cm³/mol. The summed E-state index contributed by atoms with van der Waals surface area (Å²) >= 11 is 0. The number of carbonyl (C=O) groups is 4. The van der Waals surface area contributed by atoms with E-state index in [1.54, 1.807) is 20.8 Å². The van der Waals surface area contributed by atoms with Gasteiger partial charge in [-0.3, -0.25) is 9.59 Å². The van der Waals surface area contributed by atoms with Crippen molar-refractivity contribution in [1.82, 2.24) is 0 Å². The second kappa shape index (κ2) is 10.7. The number of hydrogen-bond donors (Lipinski definition) is 2. The lowest BCUT2D eigenvalue weighted by Crippen LogP contribution is -2.63. The fraction of sp³-hybridized carbons (Fsp3) is 0.545. The number of aliphatic hydroxyl groups excluding tert-OH is 1. The zero-order valence-corrected chi connectivity index (χ0v) is 19.7. The Hall–Kier alpha value is -3.38. The molecule has 1 aliphatic rings. The average molecular weight is 483 g/mol. The maximum atomic E-state index is 12.7. The van der Waals surface area contributed by atoms with Crippen LogP contribution in [0.15, 0.2) is 18.2 Å². The Balaban J connectivity index is 2.48. The third-order valence-corrected chi connectivity index (χ3v) is 4.43. The summed E-state index contributed by atoms with van der Waals surface area (Å²) in [6.45, 7) is 7.16. The summed E-state index contributed by atoms with van der Waals surface area (Å²) in [5, 5.41) is 10.8. The molecule has 12 nitrogen and oxygen atoms in total. The van der Waals surface area contributed by atoms with E-state index in [0.29, 0.717) is 0 Å². The van der Waals surface area contributed by atoms with Crippen molar-refractivity contribution in [3.8, 4) is 5.75 Å². The molecular weight excluding hydrogens is 454 g/mol. The van der Waals surface area contributed by atoms with Crippen molar-refractivity contribution in [2.24, 2.45) is 0 Å². The number of hydrogen-bond acceptors (Lipinski definition) is 12. The van der Waals surface area contributed by atoms with Crippen molar-refractivity contribution in [3.05, 3.63) is 23.8 Å². The van der Waals surface area contributed by atoms with Crippen LogP contribution in [0.3, 0.4) is 0 Å². The van der Waals surface area contributed by atoms with Gasteiger partial charge in [0.25, 0.3) is 0 Å². The number of carbonyl (C=O) groups excluding carboxylic acids is 4. The molecule has 1 fully saturated rings. The Labute approximate surface area is 196 Å². The number of aliphatic hydroxyl groups is 1. The highest BCUT2D eigenvalue weighted by Crippen LogP contribution is 2.32. The summed E-state index contributed by atoms with van der Waals surface area (Å²) < 4.78 is 31.6. The number of ether oxygens (including phenoxy) is 6. The Morgan fingerprint density at radius 1 is 1.03 bits per heavy atom. The fourth-order valence-corrected chi connectivity index (χ4v) is 3.13. The Bertz CT molecular complexity index is 939. The van der Waals surface area contributed by atoms with Gasteiger partial charge < -0.3 is 39.3 Å². The van der Waals surface area contributed by atoms with Crippen LogP contribution in [-0.4, -0.2) is 72.4 Å². The van der Waals surface area contributed by atoms with E-state index < -0.39 is 60.2 Å². The van der Waals surface area contributed by atoms with E-state index in [1.807, 2.05) is 0 Å². The van der Waals surface area contributed by atoms with Crippen LogP contribution >= 0.6 is 0 Å². The van der Waals surface area contributed by atoms with Gasteiger partial charge in [-0.25, -0.2) is 9.59 Å². The van der Waals surface area contributed by atoms with Crippen molar-refractivity contribution in [1.29, 1.82) is 0 Å². The third kappa shape index (κ3) is 6.81. The molecule has 0 saturated carbocycles. The first-order chi connectivity index (χ1) is 15.7. The number of esters is 4. The molecular formula is C22H29NO11. The van der Waals surface area contributed by atoms with Gasteiger partial charge in [-0.1, -0.05) is 0 Å². The largest absolute Gasteiger partial charge is 0.467 e. The van der Waals surface area contributed by atoms with Crippen LogP contribution in [0.25, 0.3) is 0 Å². The summed E-state index contributed by atoms with van der Waals surface area (Å²) in [6.07, 6.45) is -8.14. The SMILES string of the molecule is COC(=O)[C@H]1O[C@@H](Oc2cc(N)ccc2C(=O)OC(C)(C)C)[C@H](OC(C)=O)[C@@H](O)[C@@H]1OC(C)=O. The summed E-state index contributed by atoms with van der Waals surface area (Å²) in [4.78, 5) is 48.3. The predicted octanol–water partition coefficient (Wildman–Crippen LogP) is 0.725. The van der Waals surface area contributed by atoms with Crippen LogP contribution in [0.5, 0.6) is 5.75 Å². The van der Waals surface area contributed by atoms with Gasteiger partial charge in [0.15, 0.2) is 18.3 Å². The second-order valence-corrected chi connectivity index (χ2v) is 8.46. The molecule has 1 saturated heterocycles. The molecule has 0 bridgehead atoms. The smallest absolute Gasteiger partial charge is 0.342 e. The molecule has 0 unspecified atom stereocenters. The third-order valence-electron chi connectivity index (χ3n) is 4.43. The Morgan fingerprint density at radius 2 is 1.62 bits per heavy atom. The number of anilines is 1. The van der Waals surface area contributed by atoms with Gasteiger partial charge in [0.05, 0.1) is 7.11 Å². The standard InChI is InChI=1S/C22H29NO11/c1-10(24)30-16-15(26)17(31-11(2)25)21(33-18(16)20(28)29-6)32-14-9-12(23)7-8-13(14)19(27)34-22(3,4)5/h7-9,15-18,21,26H,23H2,1-6H3/t15-,16-,17+,18-,21+/m0/s1. The number of benzene rings is 1. The van der Waals surface area contributed by atoms with Crippen molar-refractivity contribution >= 4 is 29.6 Å². The van der Waals surface area contributed by atoms with Crippen molar-refractivity contribution in [3.63, 3.8) is 0 Å². The van der Waals surface area contributed by atoms with Crippen LogP contribution in [-0.2, 0) is 38.1 Å². The number of nitrogen functional groups attached to an aromatic ring is 1. The van der Waals surface area contributed by atoms with E-state index in [4.69, 9.17) is 29.4 Å². The summed E-state index contributed by atoms with van der Waals surface area (Å²) in [5.41, 5.74) is 5.19. The minimum Gasteiger partial charge on any atom is -0.467 e. The molecule has 0 aliphatic carbocycles. The van der Waals surface area contributed by atoms with Gasteiger partial charge in [-0.05, 0) is 32.9 Å². The summed E-state index contributed by atoms with van der Waals surface area (Å²) in [5.74, 6) is -3.51. The number of rotatable bonds is 6. The highest BCUT2D eigenvalue weighted by Gasteiger charge is 2.53. The van der Waals surface area contributed by atoms with E-state index >= 15 is 0 Å². The first-order valence-electron chi connectivity index (χ1n) is 10.3. The quantitative estimate of drug-likeness (QED) is 0.331. The molecule has 1 heterocycles. The van der Waals surface area contributed by atoms with Gasteiger partial charge >= 0.3 is 23.9 Å². The molecule has 0 aromatic heterocycles. The minimum atomic E-state index is -1.75. The molecule has 1 aliphatic heterocycles. The van der Waals surface area contributed by atoms with Crippen LogP contribution in [0.4, 0.5) is 5.69 Å². The van der Waals surface area contributed by atoms with Gasteiger partial charge in [0.2, 0.25) is 6.29 Å². The zero-order valence-electron chi connectivity index (χ0n) is 19.7. The van der Waals surface area contributed by atoms with Gasteiger partial charge in [-0.2, -0.15) is 0 Å². The van der Waals surface area contributed by atoms with E-state index in [1.165, 1.54) is 18.2 Å². The molecule has 3 N–H and O–H groups in total. The molecule has 12 heteroatoms. The fourth-order valence-electron chi connectivity index (χ4n) is 3.13. The minimum absolute atomic E-state index is 0.0412. The van der Waals surface area contributed by atoms with Crippen molar-refractivity contribution in [2.45, 2.75) is 70.9 Å². The summed E-state index contributed by atoms with van der Waals surface area (Å²) in [7, 11) is 1.06. The molecule has 0 radical (unpaired) electrons. The van der Waals surface area contributed by atoms with Crippen LogP contribution in [0.1, 0.15) is 45.0 Å². The lowest BCUT2D eigenvalue weighted by Gasteiger charge is -2.41. The molecule has 2 rings (SSSR count).